The van der Waals surface area contributed by atoms with Gasteiger partial charge in [-0.3, -0.25) is 4.79 Å². The number of amides is 1. The predicted octanol–water partition coefficient (Wildman–Crippen LogP) is 2.19. The van der Waals surface area contributed by atoms with E-state index in [4.69, 9.17) is 21.1 Å². The molecule has 0 radical (unpaired) electrons. The van der Waals surface area contributed by atoms with Gasteiger partial charge in [-0.1, -0.05) is 23.7 Å². The van der Waals surface area contributed by atoms with Crippen LogP contribution in [0.4, 0.5) is 4.39 Å². The van der Waals surface area contributed by atoms with E-state index in [-0.39, 0.29) is 11.7 Å². The first-order chi connectivity index (χ1) is 14.1. The fourth-order valence-corrected chi connectivity index (χ4v) is 3.84. The molecule has 2 aliphatic heterocycles. The van der Waals surface area contributed by atoms with E-state index in [1.807, 2.05) is 23.1 Å². The highest BCUT2D eigenvalue weighted by Crippen LogP contribution is 2.31. The molecule has 5 nitrogen and oxygen atoms in total. The topological polar surface area (TPSA) is 43.2 Å². The Balaban J connectivity index is 1.31. The zero-order valence-corrected chi connectivity index (χ0v) is 16.8. The summed E-state index contributed by atoms with van der Waals surface area (Å²) in [7, 11) is 0. The summed E-state index contributed by atoms with van der Waals surface area (Å²) in [6, 6.07) is 10.4. The van der Waals surface area contributed by atoms with Gasteiger partial charge in [0.05, 0.1) is 36.8 Å². The standard InChI is InChI=1S/C22H22ClFN2O3/c23-18-2-1-3-19(24)17(18)15-25-8-10-26(11-9-25)22(27)7-5-16-4-6-20-21(14-16)29-13-12-28-20/h1-7,14H,8-13,15H2/p+1/b7-5+. The van der Waals surface area contributed by atoms with Crippen molar-refractivity contribution in [2.75, 3.05) is 39.4 Å². The molecule has 0 aliphatic carbocycles. The van der Waals surface area contributed by atoms with Crippen LogP contribution in [-0.2, 0) is 11.3 Å². The highest BCUT2D eigenvalue weighted by atomic mass is 35.5. The van der Waals surface area contributed by atoms with Crippen molar-refractivity contribution < 1.29 is 23.6 Å². The van der Waals surface area contributed by atoms with Crippen LogP contribution in [0, 0.1) is 5.82 Å². The molecule has 1 N–H and O–H groups in total. The average Bonchev–Trinajstić information content (AvgIpc) is 2.75. The van der Waals surface area contributed by atoms with Crippen molar-refractivity contribution in [3.8, 4) is 11.5 Å². The maximum atomic E-state index is 14.0. The quantitative estimate of drug-likeness (QED) is 0.775. The third-order valence-electron chi connectivity index (χ3n) is 5.26. The van der Waals surface area contributed by atoms with Crippen molar-refractivity contribution in [3.05, 3.63) is 64.4 Å². The Morgan fingerprint density at radius 1 is 1.14 bits per heavy atom. The summed E-state index contributed by atoms with van der Waals surface area (Å²) in [5, 5.41) is 0.457. The lowest BCUT2D eigenvalue weighted by atomic mass is 10.1. The van der Waals surface area contributed by atoms with E-state index in [2.05, 4.69) is 0 Å². The second kappa shape index (κ2) is 8.84. The Kier molecular flexibility index (Phi) is 6.02. The van der Waals surface area contributed by atoms with Crippen LogP contribution in [-0.4, -0.2) is 50.2 Å². The summed E-state index contributed by atoms with van der Waals surface area (Å²) in [5.74, 6) is 1.14. The van der Waals surface area contributed by atoms with Gasteiger partial charge in [0, 0.05) is 6.08 Å². The summed E-state index contributed by atoms with van der Waals surface area (Å²) in [5.41, 5.74) is 1.43. The number of nitrogens with one attached hydrogen (secondary N) is 1. The molecule has 0 aromatic heterocycles. The van der Waals surface area contributed by atoms with E-state index in [9.17, 15) is 9.18 Å². The van der Waals surface area contributed by atoms with E-state index in [0.717, 1.165) is 24.4 Å². The van der Waals surface area contributed by atoms with Crippen molar-refractivity contribution in [2.24, 2.45) is 0 Å². The second-order valence-corrected chi connectivity index (χ2v) is 7.60. The molecule has 0 unspecified atom stereocenters. The van der Waals surface area contributed by atoms with Crippen LogP contribution >= 0.6 is 11.6 Å². The number of carbonyl (C=O) groups is 1. The molecule has 1 amide bonds. The summed E-state index contributed by atoms with van der Waals surface area (Å²) in [6.45, 7) is 4.39. The molecule has 4 rings (SSSR count). The van der Waals surface area contributed by atoms with Crippen molar-refractivity contribution in [1.82, 2.24) is 4.90 Å². The molecule has 0 saturated carbocycles. The van der Waals surface area contributed by atoms with Gasteiger partial charge < -0.3 is 19.3 Å². The van der Waals surface area contributed by atoms with E-state index in [1.165, 1.54) is 11.0 Å². The fourth-order valence-electron chi connectivity index (χ4n) is 3.61. The van der Waals surface area contributed by atoms with E-state index >= 15 is 0 Å². The van der Waals surface area contributed by atoms with E-state index in [1.54, 1.807) is 24.3 Å². The summed E-state index contributed by atoms with van der Waals surface area (Å²) >= 11 is 6.13. The van der Waals surface area contributed by atoms with Crippen LogP contribution in [0.3, 0.4) is 0 Å². The van der Waals surface area contributed by atoms with Gasteiger partial charge in [-0.05, 0) is 35.9 Å². The number of ether oxygens (including phenoxy) is 2. The maximum absolute atomic E-state index is 14.0. The predicted molar refractivity (Wildman–Crippen MR) is 109 cm³/mol. The Hall–Kier alpha value is -2.57. The molecule has 152 valence electrons. The lowest BCUT2D eigenvalue weighted by Gasteiger charge is -2.31. The number of nitrogens with zero attached hydrogens (tertiary/aromatic N) is 1. The first kappa shape index (κ1) is 19.7. The van der Waals surface area contributed by atoms with Crippen LogP contribution in [0.5, 0.6) is 11.5 Å². The van der Waals surface area contributed by atoms with Crippen LogP contribution in [0.1, 0.15) is 11.1 Å². The Bertz CT molecular complexity index is 906. The molecule has 0 spiro atoms. The largest absolute Gasteiger partial charge is 0.486 e. The molecule has 0 bridgehead atoms. The SMILES string of the molecule is O=C(/C=C/c1ccc2c(c1)OCCO2)N1CC[NH+](Cc2c(F)cccc2Cl)CC1. The number of halogens is 2. The van der Waals surface area contributed by atoms with Gasteiger partial charge in [0.25, 0.3) is 0 Å². The highest BCUT2D eigenvalue weighted by molar-refractivity contribution is 6.31. The molecular formula is C22H23ClFN2O3+. The lowest BCUT2D eigenvalue weighted by Crippen LogP contribution is -3.13. The monoisotopic (exact) mass is 417 g/mol. The van der Waals surface area contributed by atoms with Gasteiger partial charge >= 0.3 is 0 Å². The Morgan fingerprint density at radius 3 is 2.66 bits per heavy atom. The van der Waals surface area contributed by atoms with Crippen LogP contribution < -0.4 is 14.4 Å². The summed E-state index contributed by atoms with van der Waals surface area (Å²) in [4.78, 5) is 15.6. The minimum absolute atomic E-state index is 0.0251. The van der Waals surface area contributed by atoms with Crippen LogP contribution in [0.25, 0.3) is 6.08 Å². The minimum atomic E-state index is -0.272. The van der Waals surface area contributed by atoms with Gasteiger partial charge in [0.2, 0.25) is 5.91 Å². The molecule has 2 heterocycles. The van der Waals surface area contributed by atoms with E-state index in [0.29, 0.717) is 49.2 Å². The average molecular weight is 418 g/mol. The van der Waals surface area contributed by atoms with E-state index < -0.39 is 0 Å². The zero-order valence-electron chi connectivity index (χ0n) is 16.0. The summed E-state index contributed by atoms with van der Waals surface area (Å²) in [6.07, 6.45) is 3.38. The first-order valence-corrected chi connectivity index (χ1v) is 10.1. The lowest BCUT2D eigenvalue weighted by molar-refractivity contribution is -0.917. The molecule has 29 heavy (non-hydrogen) atoms. The number of hydrogen-bond acceptors (Lipinski definition) is 3. The number of rotatable bonds is 4. The highest BCUT2D eigenvalue weighted by Gasteiger charge is 2.24. The number of piperazine rings is 1. The van der Waals surface area contributed by atoms with Gasteiger partial charge in [0.15, 0.2) is 11.5 Å². The molecule has 2 aromatic rings. The van der Waals surface area contributed by atoms with Crippen LogP contribution in [0.2, 0.25) is 5.02 Å². The van der Waals surface area contributed by atoms with Crippen molar-refractivity contribution in [3.63, 3.8) is 0 Å². The number of quaternary nitrogens is 1. The van der Waals surface area contributed by atoms with Crippen molar-refractivity contribution >= 4 is 23.6 Å². The molecule has 2 aliphatic rings. The number of carbonyl (C=O) groups excluding carboxylic acids is 1. The number of hydrogen-bond donors (Lipinski definition) is 1. The smallest absolute Gasteiger partial charge is 0.246 e. The molecule has 2 aromatic carbocycles. The third kappa shape index (κ3) is 4.71. The third-order valence-corrected chi connectivity index (χ3v) is 5.61. The molecule has 0 atom stereocenters. The van der Waals surface area contributed by atoms with Gasteiger partial charge in [-0.2, -0.15) is 0 Å². The molecule has 7 heteroatoms. The number of fused-ring (bicyclic) bond motifs is 1. The van der Waals surface area contributed by atoms with Gasteiger partial charge in [0.1, 0.15) is 25.6 Å². The number of benzene rings is 2. The second-order valence-electron chi connectivity index (χ2n) is 7.19. The molecular weight excluding hydrogens is 395 g/mol. The Labute approximate surface area is 174 Å². The maximum Gasteiger partial charge on any atom is 0.246 e. The fraction of sp³-hybridized carbons (Fsp3) is 0.318. The van der Waals surface area contributed by atoms with Crippen molar-refractivity contribution in [2.45, 2.75) is 6.54 Å². The summed E-state index contributed by atoms with van der Waals surface area (Å²) < 4.78 is 25.1. The Morgan fingerprint density at radius 2 is 1.90 bits per heavy atom. The normalized spacial score (nSPS) is 17.0. The molecule has 1 fully saturated rings. The van der Waals surface area contributed by atoms with Gasteiger partial charge in [-0.15, -0.1) is 0 Å². The van der Waals surface area contributed by atoms with Crippen molar-refractivity contribution in [1.29, 1.82) is 0 Å². The zero-order chi connectivity index (χ0) is 20.2. The van der Waals surface area contributed by atoms with Gasteiger partial charge in [-0.25, -0.2) is 4.39 Å². The van der Waals surface area contributed by atoms with Crippen LogP contribution in [0.15, 0.2) is 42.5 Å². The minimum Gasteiger partial charge on any atom is -0.486 e. The first-order valence-electron chi connectivity index (χ1n) is 9.73. The molecule has 1 saturated heterocycles.